The first kappa shape index (κ1) is 21.0. The van der Waals surface area contributed by atoms with E-state index in [1.165, 1.54) is 0 Å². The van der Waals surface area contributed by atoms with Gasteiger partial charge in [0.15, 0.2) is 0 Å². The van der Waals surface area contributed by atoms with Crippen LogP contribution < -0.4 is 15.1 Å². The van der Waals surface area contributed by atoms with Crippen molar-refractivity contribution >= 4 is 40.6 Å². The van der Waals surface area contributed by atoms with Crippen LogP contribution >= 0.6 is 11.8 Å². The molecule has 0 aromatic heterocycles. The Hall–Kier alpha value is -3.25. The fourth-order valence-corrected chi connectivity index (χ4v) is 4.82. The molecule has 0 unspecified atom stereocenters. The summed E-state index contributed by atoms with van der Waals surface area (Å²) in [6, 6.07) is 23.3. The van der Waals surface area contributed by atoms with E-state index < -0.39 is 0 Å². The number of rotatable bonds is 5. The highest BCUT2D eigenvalue weighted by Crippen LogP contribution is 2.42. The Labute approximate surface area is 187 Å². The van der Waals surface area contributed by atoms with E-state index in [2.05, 4.69) is 5.32 Å². The van der Waals surface area contributed by atoms with Crippen molar-refractivity contribution in [2.45, 2.75) is 12.3 Å². The normalized spacial score (nSPS) is 15.8. The molecule has 158 valence electrons. The van der Waals surface area contributed by atoms with Gasteiger partial charge in [-0.05, 0) is 60.5 Å². The second kappa shape index (κ2) is 8.86. The molecule has 4 rings (SSSR count). The molecule has 0 saturated carbocycles. The second-order valence-electron chi connectivity index (χ2n) is 7.73. The highest BCUT2D eigenvalue weighted by molar-refractivity contribution is 8.00. The maximum absolute atomic E-state index is 12.7. The molecule has 1 saturated heterocycles. The molecule has 1 N–H and O–H groups in total. The molecule has 5 nitrogen and oxygen atoms in total. The SMILES string of the molecule is Cc1ccccc1C(=O)Nc1cccc([C@H]2SCC(=O)N2c2ccc(N(C)C)cc2)c1. The Morgan fingerprint density at radius 2 is 1.77 bits per heavy atom. The topological polar surface area (TPSA) is 52.7 Å². The molecule has 0 bridgehead atoms. The average molecular weight is 432 g/mol. The van der Waals surface area contributed by atoms with Gasteiger partial charge in [0.1, 0.15) is 5.37 Å². The molecule has 1 heterocycles. The minimum Gasteiger partial charge on any atom is -0.378 e. The van der Waals surface area contributed by atoms with Crippen molar-refractivity contribution in [1.82, 2.24) is 0 Å². The molecule has 1 aliphatic heterocycles. The lowest BCUT2D eigenvalue weighted by Crippen LogP contribution is -2.27. The van der Waals surface area contributed by atoms with Gasteiger partial charge in [0.25, 0.3) is 5.91 Å². The monoisotopic (exact) mass is 431 g/mol. The standard InChI is InChI=1S/C25H25N3O2S/c1-17-7-4-5-10-22(17)24(30)26-19-9-6-8-18(15-19)25-28(23(29)16-31-25)21-13-11-20(12-14-21)27(2)3/h4-15,25H,16H2,1-3H3,(H,26,30)/t25-/m1/s1. The number of thioether (sulfide) groups is 1. The molecule has 6 heteroatoms. The first-order valence-electron chi connectivity index (χ1n) is 10.1. The number of amides is 2. The molecule has 31 heavy (non-hydrogen) atoms. The van der Waals surface area contributed by atoms with E-state index in [9.17, 15) is 9.59 Å². The van der Waals surface area contributed by atoms with E-state index in [1.807, 2.05) is 104 Å². The van der Waals surface area contributed by atoms with Crippen LogP contribution in [0.25, 0.3) is 0 Å². The largest absolute Gasteiger partial charge is 0.378 e. The van der Waals surface area contributed by atoms with Gasteiger partial charge in [0.05, 0.1) is 5.75 Å². The van der Waals surface area contributed by atoms with Gasteiger partial charge in [-0.15, -0.1) is 11.8 Å². The smallest absolute Gasteiger partial charge is 0.255 e. The maximum atomic E-state index is 12.7. The zero-order valence-corrected chi connectivity index (χ0v) is 18.6. The van der Waals surface area contributed by atoms with Crippen LogP contribution in [0.1, 0.15) is 26.9 Å². The number of carbonyl (C=O) groups is 2. The third-order valence-electron chi connectivity index (χ3n) is 5.33. The number of carbonyl (C=O) groups excluding carboxylic acids is 2. The lowest BCUT2D eigenvalue weighted by atomic mass is 10.1. The zero-order valence-electron chi connectivity index (χ0n) is 17.8. The highest BCUT2D eigenvalue weighted by atomic mass is 32.2. The molecular formula is C25H25N3O2S. The summed E-state index contributed by atoms with van der Waals surface area (Å²) in [6.07, 6.45) is 0. The van der Waals surface area contributed by atoms with Gasteiger partial charge in [0.2, 0.25) is 5.91 Å². The van der Waals surface area contributed by atoms with Gasteiger partial charge < -0.3 is 10.2 Å². The van der Waals surface area contributed by atoms with Crippen molar-refractivity contribution in [3.05, 3.63) is 89.5 Å². The van der Waals surface area contributed by atoms with E-state index in [0.717, 1.165) is 22.5 Å². The second-order valence-corrected chi connectivity index (χ2v) is 8.80. The van der Waals surface area contributed by atoms with Crippen molar-refractivity contribution in [3.8, 4) is 0 Å². The molecule has 0 aliphatic carbocycles. The minimum atomic E-state index is -0.137. The number of hydrogen-bond donors (Lipinski definition) is 1. The number of hydrogen-bond acceptors (Lipinski definition) is 4. The molecule has 2 amide bonds. The number of nitrogens with one attached hydrogen (secondary N) is 1. The Balaban J connectivity index is 1.58. The summed E-state index contributed by atoms with van der Waals surface area (Å²) in [5.41, 5.74) is 5.24. The van der Waals surface area contributed by atoms with E-state index in [-0.39, 0.29) is 17.2 Å². The third-order valence-corrected chi connectivity index (χ3v) is 6.54. The molecular weight excluding hydrogens is 406 g/mol. The molecule has 0 radical (unpaired) electrons. The van der Waals surface area contributed by atoms with Gasteiger partial charge in [-0.3, -0.25) is 14.5 Å². The Kier molecular flexibility index (Phi) is 6.00. The Morgan fingerprint density at radius 3 is 2.48 bits per heavy atom. The summed E-state index contributed by atoms with van der Waals surface area (Å²) in [6.45, 7) is 1.92. The maximum Gasteiger partial charge on any atom is 0.255 e. The van der Waals surface area contributed by atoms with E-state index >= 15 is 0 Å². The van der Waals surface area contributed by atoms with Gasteiger partial charge in [-0.1, -0.05) is 30.3 Å². The lowest BCUT2D eigenvalue weighted by molar-refractivity contribution is -0.115. The van der Waals surface area contributed by atoms with Crippen LogP contribution in [-0.2, 0) is 4.79 Å². The number of aryl methyl sites for hydroxylation is 1. The summed E-state index contributed by atoms with van der Waals surface area (Å²) in [7, 11) is 3.98. The van der Waals surface area contributed by atoms with E-state index in [0.29, 0.717) is 17.0 Å². The summed E-state index contributed by atoms with van der Waals surface area (Å²) >= 11 is 1.60. The van der Waals surface area contributed by atoms with Crippen LogP contribution in [0.3, 0.4) is 0 Å². The van der Waals surface area contributed by atoms with Crippen molar-refractivity contribution in [1.29, 1.82) is 0 Å². The first-order valence-corrected chi connectivity index (χ1v) is 11.2. The molecule has 1 aliphatic rings. The summed E-state index contributed by atoms with van der Waals surface area (Å²) in [5, 5.41) is 2.86. The number of nitrogens with zero attached hydrogens (tertiary/aromatic N) is 2. The van der Waals surface area contributed by atoms with Gasteiger partial charge >= 0.3 is 0 Å². The summed E-state index contributed by atoms with van der Waals surface area (Å²) < 4.78 is 0. The first-order chi connectivity index (χ1) is 14.9. The van der Waals surface area contributed by atoms with Crippen LogP contribution in [0.15, 0.2) is 72.8 Å². The fraction of sp³-hybridized carbons (Fsp3) is 0.200. The lowest BCUT2D eigenvalue weighted by Gasteiger charge is -2.25. The quantitative estimate of drug-likeness (QED) is 0.611. The predicted molar refractivity (Wildman–Crippen MR) is 129 cm³/mol. The molecule has 1 atom stereocenters. The van der Waals surface area contributed by atoms with Gasteiger partial charge in [-0.25, -0.2) is 0 Å². The van der Waals surface area contributed by atoms with Crippen molar-refractivity contribution < 1.29 is 9.59 Å². The Bertz CT molecular complexity index is 1110. The average Bonchev–Trinajstić information content (AvgIpc) is 3.15. The molecule has 3 aromatic carbocycles. The van der Waals surface area contributed by atoms with Crippen LogP contribution in [0.4, 0.5) is 17.1 Å². The third kappa shape index (κ3) is 4.44. The van der Waals surface area contributed by atoms with Gasteiger partial charge in [0, 0.05) is 36.7 Å². The minimum absolute atomic E-state index is 0.0851. The van der Waals surface area contributed by atoms with Crippen molar-refractivity contribution in [3.63, 3.8) is 0 Å². The number of benzene rings is 3. The molecule has 1 fully saturated rings. The summed E-state index contributed by atoms with van der Waals surface area (Å²) in [4.78, 5) is 29.3. The van der Waals surface area contributed by atoms with Crippen molar-refractivity contribution in [2.24, 2.45) is 0 Å². The van der Waals surface area contributed by atoms with Crippen LogP contribution in [0, 0.1) is 6.92 Å². The summed E-state index contributed by atoms with van der Waals surface area (Å²) in [5.74, 6) is 0.378. The van der Waals surface area contributed by atoms with Crippen LogP contribution in [0.2, 0.25) is 0 Å². The zero-order chi connectivity index (χ0) is 22.0. The van der Waals surface area contributed by atoms with Crippen LogP contribution in [-0.4, -0.2) is 31.7 Å². The molecule has 0 spiro atoms. The van der Waals surface area contributed by atoms with E-state index in [4.69, 9.17) is 0 Å². The predicted octanol–water partition coefficient (Wildman–Crippen LogP) is 5.09. The Morgan fingerprint density at radius 1 is 1.03 bits per heavy atom. The van der Waals surface area contributed by atoms with Crippen LogP contribution in [0.5, 0.6) is 0 Å². The van der Waals surface area contributed by atoms with E-state index in [1.54, 1.807) is 11.8 Å². The number of anilines is 3. The highest BCUT2D eigenvalue weighted by Gasteiger charge is 2.34. The van der Waals surface area contributed by atoms with Crippen molar-refractivity contribution in [2.75, 3.05) is 35.0 Å². The van der Waals surface area contributed by atoms with Gasteiger partial charge in [-0.2, -0.15) is 0 Å². The fourth-order valence-electron chi connectivity index (χ4n) is 3.66. The molecule has 3 aromatic rings.